The van der Waals surface area contributed by atoms with Crippen molar-refractivity contribution in [1.29, 1.82) is 0 Å². The second-order valence-corrected chi connectivity index (χ2v) is 6.11. The summed E-state index contributed by atoms with van der Waals surface area (Å²) in [5.74, 6) is 2.51. The number of nitrogens with zero attached hydrogens (tertiary/aromatic N) is 6. The Balaban J connectivity index is 1.77. The van der Waals surface area contributed by atoms with Crippen molar-refractivity contribution >= 4 is 28.1 Å². The molecule has 3 heterocycles. The smallest absolute Gasteiger partial charge is 0.185 e. The van der Waals surface area contributed by atoms with Gasteiger partial charge in [-0.05, 0) is 13.0 Å². The van der Waals surface area contributed by atoms with E-state index in [-0.39, 0.29) is 0 Å². The molecular weight excluding hydrogens is 314 g/mol. The first-order valence-electron chi connectivity index (χ1n) is 8.11. The van der Waals surface area contributed by atoms with E-state index in [4.69, 9.17) is 5.10 Å². The van der Waals surface area contributed by atoms with E-state index in [9.17, 15) is 0 Å². The maximum absolute atomic E-state index is 4.70. The van der Waals surface area contributed by atoms with E-state index < -0.39 is 0 Å². The molecular formula is C18H19N7. The fourth-order valence-corrected chi connectivity index (χ4v) is 2.96. The van der Waals surface area contributed by atoms with Crippen molar-refractivity contribution in [2.24, 2.45) is 0 Å². The SMILES string of the molecule is Cc1nnc2c3ccccc3c(NCc3cccnc3N(C)C)nn12. The Morgan fingerprint density at radius 2 is 1.84 bits per heavy atom. The minimum absolute atomic E-state index is 0.630. The summed E-state index contributed by atoms with van der Waals surface area (Å²) in [6, 6.07) is 12.1. The molecule has 3 aromatic heterocycles. The van der Waals surface area contributed by atoms with Gasteiger partial charge in [-0.2, -0.15) is 4.52 Å². The molecule has 0 atom stereocenters. The molecule has 4 aromatic rings. The van der Waals surface area contributed by atoms with Crippen molar-refractivity contribution < 1.29 is 0 Å². The summed E-state index contributed by atoms with van der Waals surface area (Å²) in [5.41, 5.74) is 1.88. The van der Waals surface area contributed by atoms with Crippen molar-refractivity contribution in [2.75, 3.05) is 24.3 Å². The highest BCUT2D eigenvalue weighted by atomic mass is 15.4. The first kappa shape index (κ1) is 15.3. The van der Waals surface area contributed by atoms with Crippen LogP contribution in [0.25, 0.3) is 16.4 Å². The van der Waals surface area contributed by atoms with Gasteiger partial charge in [-0.25, -0.2) is 4.98 Å². The van der Waals surface area contributed by atoms with E-state index in [0.29, 0.717) is 6.54 Å². The van der Waals surface area contributed by atoms with Gasteiger partial charge in [0.2, 0.25) is 0 Å². The Hall–Kier alpha value is -3.22. The minimum atomic E-state index is 0.630. The van der Waals surface area contributed by atoms with E-state index >= 15 is 0 Å². The number of rotatable bonds is 4. The van der Waals surface area contributed by atoms with Crippen molar-refractivity contribution in [3.8, 4) is 0 Å². The normalized spacial score (nSPS) is 11.2. The van der Waals surface area contributed by atoms with Crippen LogP contribution in [0.15, 0.2) is 42.6 Å². The summed E-state index contributed by atoms with van der Waals surface area (Å²) in [6.45, 7) is 2.53. The number of aryl methyl sites for hydroxylation is 1. The molecule has 1 N–H and O–H groups in total. The molecule has 0 bridgehead atoms. The molecule has 25 heavy (non-hydrogen) atoms. The third-order valence-electron chi connectivity index (χ3n) is 4.16. The van der Waals surface area contributed by atoms with Gasteiger partial charge in [0.05, 0.1) is 0 Å². The van der Waals surface area contributed by atoms with Crippen LogP contribution in [-0.4, -0.2) is 38.9 Å². The highest BCUT2D eigenvalue weighted by Crippen LogP contribution is 2.25. The molecule has 0 radical (unpaired) electrons. The van der Waals surface area contributed by atoms with E-state index in [0.717, 1.165) is 39.4 Å². The standard InChI is InChI=1S/C18H19N7/c1-12-21-22-18-15-9-5-4-8-14(15)16(23-25(12)18)20-11-13-7-6-10-19-17(13)24(2)3/h4-10H,11H2,1-3H3,(H,20,23). The predicted molar refractivity (Wildman–Crippen MR) is 98.9 cm³/mol. The fourth-order valence-electron chi connectivity index (χ4n) is 2.96. The molecule has 7 heteroatoms. The molecule has 4 rings (SSSR count). The van der Waals surface area contributed by atoms with Crippen LogP contribution in [0.5, 0.6) is 0 Å². The molecule has 0 unspecified atom stereocenters. The summed E-state index contributed by atoms with van der Waals surface area (Å²) in [5, 5.41) is 18.6. The van der Waals surface area contributed by atoms with Gasteiger partial charge < -0.3 is 10.2 Å². The molecule has 126 valence electrons. The molecule has 0 aliphatic carbocycles. The topological polar surface area (TPSA) is 71.2 Å². The van der Waals surface area contributed by atoms with Crippen LogP contribution in [-0.2, 0) is 6.54 Å². The molecule has 0 saturated carbocycles. The summed E-state index contributed by atoms with van der Waals surface area (Å²) < 4.78 is 1.78. The monoisotopic (exact) mass is 333 g/mol. The summed E-state index contributed by atoms with van der Waals surface area (Å²) >= 11 is 0. The zero-order chi connectivity index (χ0) is 17.4. The first-order valence-corrected chi connectivity index (χ1v) is 8.11. The first-order chi connectivity index (χ1) is 12.1. The number of hydrogen-bond donors (Lipinski definition) is 1. The largest absolute Gasteiger partial charge is 0.364 e. The maximum Gasteiger partial charge on any atom is 0.185 e. The van der Waals surface area contributed by atoms with Gasteiger partial charge in [0.1, 0.15) is 5.82 Å². The van der Waals surface area contributed by atoms with Gasteiger partial charge >= 0.3 is 0 Å². The van der Waals surface area contributed by atoms with Gasteiger partial charge in [0.15, 0.2) is 17.3 Å². The highest BCUT2D eigenvalue weighted by Gasteiger charge is 2.12. The van der Waals surface area contributed by atoms with Gasteiger partial charge in [-0.1, -0.05) is 30.3 Å². The van der Waals surface area contributed by atoms with Crippen LogP contribution < -0.4 is 10.2 Å². The molecule has 0 fully saturated rings. The molecule has 1 aromatic carbocycles. The molecule has 0 spiro atoms. The summed E-state index contributed by atoms with van der Waals surface area (Å²) in [4.78, 5) is 6.46. The second kappa shape index (κ2) is 6.01. The molecule has 0 amide bonds. The van der Waals surface area contributed by atoms with Gasteiger partial charge in [-0.15, -0.1) is 15.3 Å². The average Bonchev–Trinajstić information content (AvgIpc) is 3.01. The van der Waals surface area contributed by atoms with Gasteiger partial charge in [-0.3, -0.25) is 0 Å². The average molecular weight is 333 g/mol. The number of nitrogens with one attached hydrogen (secondary N) is 1. The third-order valence-corrected chi connectivity index (χ3v) is 4.16. The van der Waals surface area contributed by atoms with E-state index in [1.54, 1.807) is 10.7 Å². The van der Waals surface area contributed by atoms with E-state index in [1.807, 2.05) is 56.3 Å². The van der Waals surface area contributed by atoms with Crippen LogP contribution in [0.4, 0.5) is 11.6 Å². The van der Waals surface area contributed by atoms with Gasteiger partial charge in [0, 0.05) is 43.2 Å². The molecule has 7 nitrogen and oxygen atoms in total. The van der Waals surface area contributed by atoms with Crippen molar-refractivity contribution in [3.63, 3.8) is 0 Å². The lowest BCUT2D eigenvalue weighted by Gasteiger charge is -2.17. The van der Waals surface area contributed by atoms with Crippen LogP contribution in [0.1, 0.15) is 11.4 Å². The number of pyridine rings is 1. The lowest BCUT2D eigenvalue weighted by molar-refractivity contribution is 0.876. The van der Waals surface area contributed by atoms with Crippen molar-refractivity contribution in [1.82, 2.24) is 24.8 Å². The lowest BCUT2D eigenvalue weighted by atomic mass is 10.1. The zero-order valence-electron chi connectivity index (χ0n) is 14.4. The third kappa shape index (κ3) is 2.63. The Bertz CT molecular complexity index is 1050. The van der Waals surface area contributed by atoms with Crippen LogP contribution in [0, 0.1) is 6.92 Å². The Kier molecular flexibility index (Phi) is 3.68. The second-order valence-electron chi connectivity index (χ2n) is 6.11. The lowest BCUT2D eigenvalue weighted by Crippen LogP contribution is -2.15. The fraction of sp³-hybridized carbons (Fsp3) is 0.222. The summed E-state index contributed by atoms with van der Waals surface area (Å²) in [6.07, 6.45) is 1.80. The van der Waals surface area contributed by atoms with Crippen LogP contribution >= 0.6 is 0 Å². The number of hydrogen-bond acceptors (Lipinski definition) is 6. The zero-order valence-corrected chi connectivity index (χ0v) is 14.4. The van der Waals surface area contributed by atoms with E-state index in [2.05, 4.69) is 26.6 Å². The van der Waals surface area contributed by atoms with Crippen LogP contribution in [0.3, 0.4) is 0 Å². The van der Waals surface area contributed by atoms with Crippen molar-refractivity contribution in [2.45, 2.75) is 13.5 Å². The molecule has 0 saturated heterocycles. The number of fused-ring (bicyclic) bond motifs is 3. The van der Waals surface area contributed by atoms with Gasteiger partial charge in [0.25, 0.3) is 0 Å². The Labute approximate surface area is 145 Å². The van der Waals surface area contributed by atoms with Crippen molar-refractivity contribution in [3.05, 3.63) is 54.0 Å². The minimum Gasteiger partial charge on any atom is -0.364 e. The number of aromatic nitrogens is 5. The molecule has 0 aliphatic heterocycles. The number of benzene rings is 1. The van der Waals surface area contributed by atoms with E-state index in [1.165, 1.54) is 0 Å². The predicted octanol–water partition coefficient (Wildman–Crippen LogP) is 2.66. The highest BCUT2D eigenvalue weighted by molar-refractivity contribution is 5.99. The number of anilines is 2. The Morgan fingerprint density at radius 3 is 2.64 bits per heavy atom. The summed E-state index contributed by atoms with van der Waals surface area (Å²) in [7, 11) is 3.98. The molecule has 0 aliphatic rings. The maximum atomic E-state index is 4.70. The quantitative estimate of drug-likeness (QED) is 0.619. The van der Waals surface area contributed by atoms with Crippen LogP contribution in [0.2, 0.25) is 0 Å². The Morgan fingerprint density at radius 1 is 1.04 bits per heavy atom.